The van der Waals surface area contributed by atoms with Gasteiger partial charge in [-0.3, -0.25) is 4.68 Å². The van der Waals surface area contributed by atoms with Crippen LogP contribution in [-0.2, 0) is 6.61 Å². The minimum atomic E-state index is -0.344. The molecule has 1 fully saturated rings. The number of ether oxygens (including phenoxy) is 1. The van der Waals surface area contributed by atoms with E-state index in [2.05, 4.69) is 33.9 Å². The number of benzene rings is 1. The Morgan fingerprint density at radius 1 is 1.15 bits per heavy atom. The third-order valence-corrected chi connectivity index (χ3v) is 5.89. The Kier molecular flexibility index (Phi) is 6.90. The maximum Gasteiger partial charge on any atom is 0.166 e. The summed E-state index contributed by atoms with van der Waals surface area (Å²) in [5.74, 6) is 6.60. The van der Waals surface area contributed by atoms with Crippen molar-refractivity contribution in [3.63, 3.8) is 0 Å². The molecule has 1 saturated heterocycles. The highest BCUT2D eigenvalue weighted by molar-refractivity contribution is 5.65. The predicted molar refractivity (Wildman–Crippen MR) is 133 cm³/mol. The Labute approximate surface area is 200 Å². The van der Waals surface area contributed by atoms with Crippen molar-refractivity contribution >= 4 is 5.82 Å². The molecule has 178 valence electrons. The van der Waals surface area contributed by atoms with Crippen molar-refractivity contribution in [3.05, 3.63) is 59.8 Å². The molecule has 2 aromatic heterocycles. The molecular weight excluding hydrogens is 429 g/mol. The van der Waals surface area contributed by atoms with Crippen molar-refractivity contribution in [2.45, 2.75) is 46.3 Å². The minimum Gasteiger partial charge on any atom is -0.485 e. The number of piperidine rings is 1. The van der Waals surface area contributed by atoms with Crippen molar-refractivity contribution in [3.8, 4) is 28.7 Å². The molecule has 4 rings (SSSR count). The van der Waals surface area contributed by atoms with E-state index in [1.165, 1.54) is 6.07 Å². The lowest BCUT2D eigenvalue weighted by molar-refractivity contribution is 0.212. The van der Waals surface area contributed by atoms with Crippen molar-refractivity contribution in [2.24, 2.45) is 5.41 Å². The largest absolute Gasteiger partial charge is 0.485 e. The van der Waals surface area contributed by atoms with E-state index in [0.29, 0.717) is 17.4 Å². The van der Waals surface area contributed by atoms with E-state index in [1.54, 1.807) is 18.3 Å². The Hall–Kier alpha value is -3.37. The molecule has 0 amide bonds. The standard InChI is InChI=1S/C27H32FN5O/c1-27(2,3)10-7-19-5-6-24(28)21(13-19)18-34-25-14-20(15-30-26(25)29)22-16-31-33(17-22)23-8-11-32(4)12-9-23/h5-6,13-17,23H,8-9,11-12,18H2,1-4H3,(H2,29,30). The number of anilines is 1. The summed E-state index contributed by atoms with van der Waals surface area (Å²) < 4.78 is 22.3. The van der Waals surface area contributed by atoms with Crippen molar-refractivity contribution in [1.82, 2.24) is 19.7 Å². The van der Waals surface area contributed by atoms with Crippen molar-refractivity contribution in [1.29, 1.82) is 0 Å². The fraction of sp³-hybridized carbons (Fsp3) is 0.407. The molecule has 0 bridgehead atoms. The van der Waals surface area contributed by atoms with Crippen LogP contribution in [0, 0.1) is 23.1 Å². The second-order valence-corrected chi connectivity index (χ2v) is 9.95. The lowest BCUT2D eigenvalue weighted by Gasteiger charge is -2.28. The predicted octanol–water partition coefficient (Wildman–Crippen LogP) is 4.91. The molecular formula is C27H32FN5O. The number of hydrogen-bond donors (Lipinski definition) is 1. The highest BCUT2D eigenvalue weighted by Gasteiger charge is 2.19. The number of aromatic nitrogens is 3. The van der Waals surface area contributed by atoms with Gasteiger partial charge in [0.05, 0.1) is 12.2 Å². The molecule has 0 aliphatic carbocycles. The van der Waals surface area contributed by atoms with Crippen LogP contribution in [0.2, 0.25) is 0 Å². The van der Waals surface area contributed by atoms with Crippen LogP contribution in [0.15, 0.2) is 42.9 Å². The maximum absolute atomic E-state index is 14.4. The number of pyridine rings is 1. The van der Waals surface area contributed by atoms with Crippen LogP contribution in [-0.4, -0.2) is 39.8 Å². The summed E-state index contributed by atoms with van der Waals surface area (Å²) in [5.41, 5.74) is 8.89. The van der Waals surface area contributed by atoms with Gasteiger partial charge in [-0.05, 0) is 78.0 Å². The van der Waals surface area contributed by atoms with Gasteiger partial charge in [-0.25, -0.2) is 9.37 Å². The fourth-order valence-corrected chi connectivity index (χ4v) is 3.85. The lowest BCUT2D eigenvalue weighted by atomic mass is 9.97. The first kappa shape index (κ1) is 23.8. The van der Waals surface area contributed by atoms with Crippen molar-refractivity contribution < 1.29 is 9.13 Å². The summed E-state index contributed by atoms with van der Waals surface area (Å²) in [6.45, 7) is 8.28. The van der Waals surface area contributed by atoms with E-state index in [0.717, 1.165) is 42.6 Å². The molecule has 1 aromatic carbocycles. The van der Waals surface area contributed by atoms with Gasteiger partial charge in [-0.1, -0.05) is 11.8 Å². The molecule has 0 unspecified atom stereocenters. The zero-order valence-electron chi connectivity index (χ0n) is 20.3. The Bertz CT molecular complexity index is 1210. The van der Waals surface area contributed by atoms with E-state index < -0.39 is 0 Å². The van der Waals surface area contributed by atoms with Gasteiger partial charge < -0.3 is 15.4 Å². The van der Waals surface area contributed by atoms with Gasteiger partial charge in [0.2, 0.25) is 0 Å². The number of halogens is 1. The molecule has 0 radical (unpaired) electrons. The monoisotopic (exact) mass is 461 g/mol. The molecule has 7 heteroatoms. The van der Waals surface area contributed by atoms with Crippen LogP contribution in [0.25, 0.3) is 11.1 Å². The first-order valence-corrected chi connectivity index (χ1v) is 11.6. The summed E-state index contributed by atoms with van der Waals surface area (Å²) in [6.07, 6.45) is 7.76. The third-order valence-electron chi connectivity index (χ3n) is 5.89. The van der Waals surface area contributed by atoms with Gasteiger partial charge in [0.25, 0.3) is 0 Å². The van der Waals surface area contributed by atoms with Gasteiger partial charge in [-0.2, -0.15) is 5.10 Å². The molecule has 34 heavy (non-hydrogen) atoms. The van der Waals surface area contributed by atoms with Gasteiger partial charge in [0, 0.05) is 40.1 Å². The van der Waals surface area contributed by atoms with Crippen LogP contribution in [0.5, 0.6) is 5.75 Å². The summed E-state index contributed by atoms with van der Waals surface area (Å²) in [7, 11) is 2.15. The fourth-order valence-electron chi connectivity index (χ4n) is 3.85. The van der Waals surface area contributed by atoms with Gasteiger partial charge >= 0.3 is 0 Å². The van der Waals surface area contributed by atoms with E-state index in [9.17, 15) is 4.39 Å². The molecule has 3 aromatic rings. The molecule has 0 atom stereocenters. The molecule has 2 N–H and O–H groups in total. The Morgan fingerprint density at radius 3 is 2.65 bits per heavy atom. The highest BCUT2D eigenvalue weighted by atomic mass is 19.1. The van der Waals surface area contributed by atoms with E-state index in [-0.39, 0.29) is 23.7 Å². The van der Waals surface area contributed by atoms with E-state index in [1.807, 2.05) is 43.9 Å². The summed E-state index contributed by atoms with van der Waals surface area (Å²) in [6, 6.07) is 7.04. The van der Waals surface area contributed by atoms with Crippen LogP contribution < -0.4 is 10.5 Å². The number of likely N-dealkylation sites (tertiary alicyclic amines) is 1. The first-order chi connectivity index (χ1) is 16.2. The van der Waals surface area contributed by atoms with E-state index in [4.69, 9.17) is 10.5 Å². The first-order valence-electron chi connectivity index (χ1n) is 11.6. The Balaban J connectivity index is 1.49. The molecule has 6 nitrogen and oxygen atoms in total. The van der Waals surface area contributed by atoms with Crippen LogP contribution in [0.1, 0.15) is 50.8 Å². The zero-order valence-corrected chi connectivity index (χ0v) is 20.3. The Morgan fingerprint density at radius 2 is 1.91 bits per heavy atom. The average molecular weight is 462 g/mol. The normalized spacial score (nSPS) is 15.1. The van der Waals surface area contributed by atoms with E-state index >= 15 is 0 Å². The van der Waals surface area contributed by atoms with Gasteiger partial charge in [-0.15, -0.1) is 0 Å². The number of nitrogens with zero attached hydrogens (tertiary/aromatic N) is 4. The molecule has 3 heterocycles. The van der Waals surface area contributed by atoms with Crippen LogP contribution in [0.3, 0.4) is 0 Å². The second-order valence-electron chi connectivity index (χ2n) is 9.95. The number of rotatable bonds is 5. The number of hydrogen-bond acceptors (Lipinski definition) is 5. The number of nitrogens with two attached hydrogens (primary N) is 1. The second kappa shape index (κ2) is 9.86. The van der Waals surface area contributed by atoms with Crippen LogP contribution >= 0.6 is 0 Å². The zero-order chi connectivity index (χ0) is 24.3. The molecule has 1 aliphatic rings. The topological polar surface area (TPSA) is 69.2 Å². The maximum atomic E-state index is 14.4. The molecule has 1 aliphatic heterocycles. The highest BCUT2D eigenvalue weighted by Crippen LogP contribution is 2.29. The molecule has 0 saturated carbocycles. The van der Waals surface area contributed by atoms with Gasteiger partial charge in [0.15, 0.2) is 11.6 Å². The SMILES string of the molecule is CN1CCC(n2cc(-c3cnc(N)c(OCc4cc(C#CC(C)(C)C)ccc4F)c3)cn2)CC1. The summed E-state index contributed by atoms with van der Waals surface area (Å²) in [5, 5.41) is 4.58. The smallest absolute Gasteiger partial charge is 0.166 e. The average Bonchev–Trinajstić information content (AvgIpc) is 3.29. The van der Waals surface area contributed by atoms with Crippen molar-refractivity contribution in [2.75, 3.05) is 25.9 Å². The summed E-state index contributed by atoms with van der Waals surface area (Å²) >= 11 is 0. The quantitative estimate of drug-likeness (QED) is 0.547. The molecule has 0 spiro atoms. The number of nitrogen functional groups attached to an aromatic ring is 1. The van der Waals surface area contributed by atoms with Crippen LogP contribution in [0.4, 0.5) is 10.2 Å². The third kappa shape index (κ3) is 5.95. The van der Waals surface area contributed by atoms with Gasteiger partial charge in [0.1, 0.15) is 12.4 Å². The summed E-state index contributed by atoms with van der Waals surface area (Å²) in [4.78, 5) is 6.63. The minimum absolute atomic E-state index is 0.0288. The lowest BCUT2D eigenvalue weighted by Crippen LogP contribution is -2.31.